The number of allylic oxidation sites excluding steroid dienone is 20. The smallest absolute Gasteiger partial charge is 0.0579 e. The lowest BCUT2D eigenvalue weighted by Crippen LogP contribution is -2.39. The van der Waals surface area contributed by atoms with Gasteiger partial charge >= 0.3 is 0 Å². The van der Waals surface area contributed by atoms with Crippen molar-refractivity contribution in [3.63, 3.8) is 0 Å². The molecule has 1 nitrogen and oxygen atoms in total. The summed E-state index contributed by atoms with van der Waals surface area (Å²) in [5, 5.41) is 0. The average Bonchev–Trinajstić information content (AvgIpc) is 2.88. The lowest BCUT2D eigenvalue weighted by molar-refractivity contribution is -0.0192. The zero-order valence-corrected chi connectivity index (χ0v) is 27.8. The quantitative estimate of drug-likeness (QED) is 0.182. The van der Waals surface area contributed by atoms with Gasteiger partial charge in [-0.3, -0.25) is 0 Å². The summed E-state index contributed by atoms with van der Waals surface area (Å²) >= 11 is 0. The summed E-state index contributed by atoms with van der Waals surface area (Å²) in [4.78, 5) is 0. The van der Waals surface area contributed by atoms with Gasteiger partial charge < -0.3 is 4.74 Å². The fourth-order valence-electron chi connectivity index (χ4n) is 6.45. The summed E-state index contributed by atoms with van der Waals surface area (Å²) in [5.41, 5.74) is 5.84. The van der Waals surface area contributed by atoms with E-state index in [4.69, 9.17) is 4.74 Å². The molecule has 0 radical (unpaired) electrons. The monoisotopic (exact) mass is 554 g/mol. The summed E-state index contributed by atoms with van der Waals surface area (Å²) in [5.74, 6) is 1.75. The Kier molecular flexibility index (Phi) is 14.1. The summed E-state index contributed by atoms with van der Waals surface area (Å²) in [6, 6.07) is 0. The second-order valence-electron chi connectivity index (χ2n) is 13.7. The Morgan fingerprint density at radius 1 is 0.756 bits per heavy atom. The van der Waals surface area contributed by atoms with Crippen LogP contribution in [0.2, 0.25) is 0 Å². The molecule has 0 N–H and O–H groups in total. The molecule has 0 aromatic rings. The summed E-state index contributed by atoms with van der Waals surface area (Å²) in [6.07, 6.45) is 40.3. The van der Waals surface area contributed by atoms with E-state index in [-0.39, 0.29) is 5.41 Å². The molecule has 2 unspecified atom stereocenters. The molecular weight excluding hydrogens is 496 g/mol. The molecule has 0 heterocycles. The van der Waals surface area contributed by atoms with Crippen molar-refractivity contribution in [1.82, 2.24) is 0 Å². The molecule has 0 aromatic carbocycles. The van der Waals surface area contributed by atoms with Gasteiger partial charge in [-0.25, -0.2) is 0 Å². The maximum atomic E-state index is 5.66. The molecule has 224 valence electrons. The van der Waals surface area contributed by atoms with Crippen molar-refractivity contribution in [3.8, 4) is 0 Å². The molecule has 0 bridgehead atoms. The zero-order valence-electron chi connectivity index (χ0n) is 27.8. The van der Waals surface area contributed by atoms with Gasteiger partial charge in [0, 0.05) is 13.0 Å². The molecule has 2 aliphatic rings. The third-order valence-corrected chi connectivity index (χ3v) is 8.93. The van der Waals surface area contributed by atoms with Crippen LogP contribution in [0, 0.1) is 28.6 Å². The lowest BCUT2D eigenvalue weighted by atomic mass is 9.63. The summed E-state index contributed by atoms with van der Waals surface area (Å²) in [7, 11) is 1.84. The number of hydrogen-bond acceptors (Lipinski definition) is 1. The van der Waals surface area contributed by atoms with Gasteiger partial charge in [0.25, 0.3) is 0 Å². The molecule has 0 saturated heterocycles. The van der Waals surface area contributed by atoms with Crippen LogP contribution in [0.4, 0.5) is 0 Å². The van der Waals surface area contributed by atoms with E-state index in [0.717, 1.165) is 12.8 Å². The first-order valence-corrected chi connectivity index (χ1v) is 15.6. The average molecular weight is 555 g/mol. The van der Waals surface area contributed by atoms with Crippen molar-refractivity contribution < 1.29 is 4.74 Å². The van der Waals surface area contributed by atoms with Gasteiger partial charge in [0.05, 0.1) is 6.10 Å². The molecule has 1 saturated carbocycles. The number of methoxy groups -OCH3 is 1. The summed E-state index contributed by atoms with van der Waals surface area (Å²) in [6.45, 7) is 20.6. The molecule has 1 heteroatoms. The SMILES string of the molecule is CO[C@@H]1CC(C)C(/C=C/C=C/C=C/C(C)=C/C=C/C=C(C)/C=C/C=C(C)/C=C/[C@H]2C(C)=CCCC2(C)C)C(C)(C)C1. The molecule has 0 amide bonds. The minimum atomic E-state index is 0.267. The first-order chi connectivity index (χ1) is 19.4. The Labute approximate surface area is 253 Å². The van der Waals surface area contributed by atoms with E-state index in [0.29, 0.717) is 29.3 Å². The molecule has 0 aromatic heterocycles. The van der Waals surface area contributed by atoms with Crippen LogP contribution in [0.5, 0.6) is 0 Å². The van der Waals surface area contributed by atoms with Crippen molar-refractivity contribution in [2.75, 3.05) is 7.11 Å². The highest BCUT2D eigenvalue weighted by Crippen LogP contribution is 2.45. The van der Waals surface area contributed by atoms with Crippen molar-refractivity contribution in [2.24, 2.45) is 28.6 Å². The summed E-state index contributed by atoms with van der Waals surface area (Å²) < 4.78 is 5.66. The molecule has 2 rings (SSSR count). The minimum Gasteiger partial charge on any atom is -0.381 e. The predicted octanol–water partition coefficient (Wildman–Crippen LogP) is 11.6. The van der Waals surface area contributed by atoms with Crippen molar-refractivity contribution in [3.05, 3.63) is 120 Å². The molecule has 41 heavy (non-hydrogen) atoms. The third-order valence-electron chi connectivity index (χ3n) is 8.93. The number of ether oxygens (including phenoxy) is 1. The zero-order chi connectivity index (χ0) is 30.5. The van der Waals surface area contributed by atoms with Crippen LogP contribution >= 0.6 is 0 Å². The van der Waals surface area contributed by atoms with Crippen molar-refractivity contribution in [1.29, 1.82) is 0 Å². The van der Waals surface area contributed by atoms with Gasteiger partial charge in [0.2, 0.25) is 0 Å². The van der Waals surface area contributed by atoms with Crippen LogP contribution in [0.15, 0.2) is 120 Å². The Balaban J connectivity index is 1.82. The Bertz CT molecular complexity index is 1140. The maximum absolute atomic E-state index is 5.66. The highest BCUT2D eigenvalue weighted by atomic mass is 16.5. The number of hydrogen-bond donors (Lipinski definition) is 0. The first-order valence-electron chi connectivity index (χ1n) is 15.6. The first kappa shape index (κ1) is 34.6. The molecule has 0 spiro atoms. The van der Waals surface area contributed by atoms with Crippen LogP contribution in [-0.2, 0) is 4.74 Å². The second-order valence-corrected chi connectivity index (χ2v) is 13.7. The van der Waals surface area contributed by atoms with Crippen molar-refractivity contribution in [2.45, 2.75) is 94.1 Å². The Morgan fingerprint density at radius 3 is 1.95 bits per heavy atom. The fourth-order valence-corrected chi connectivity index (χ4v) is 6.45. The van der Waals surface area contributed by atoms with E-state index < -0.39 is 0 Å². The topological polar surface area (TPSA) is 9.23 Å². The van der Waals surface area contributed by atoms with E-state index in [2.05, 4.69) is 160 Å². The van der Waals surface area contributed by atoms with Gasteiger partial charge in [-0.1, -0.05) is 154 Å². The van der Waals surface area contributed by atoms with E-state index in [1.807, 2.05) is 7.11 Å². The van der Waals surface area contributed by atoms with Gasteiger partial charge in [0.15, 0.2) is 0 Å². The van der Waals surface area contributed by atoms with Gasteiger partial charge in [-0.15, -0.1) is 0 Å². The molecule has 2 aliphatic carbocycles. The Hall–Kier alpha value is -2.64. The minimum absolute atomic E-state index is 0.267. The molecule has 1 fully saturated rings. The maximum Gasteiger partial charge on any atom is 0.0579 e. The normalized spacial score (nSPS) is 28.3. The lowest BCUT2D eigenvalue weighted by Gasteiger charge is -2.44. The highest BCUT2D eigenvalue weighted by Gasteiger charge is 2.39. The van der Waals surface area contributed by atoms with Gasteiger partial charge in [-0.05, 0) is 76.0 Å². The van der Waals surface area contributed by atoms with Crippen LogP contribution in [-0.4, -0.2) is 13.2 Å². The van der Waals surface area contributed by atoms with Gasteiger partial charge in [-0.2, -0.15) is 0 Å². The van der Waals surface area contributed by atoms with E-state index in [1.165, 1.54) is 35.1 Å². The van der Waals surface area contributed by atoms with E-state index in [9.17, 15) is 0 Å². The second kappa shape index (κ2) is 16.7. The van der Waals surface area contributed by atoms with Crippen LogP contribution < -0.4 is 0 Å². The molecular formula is C40H58O. The van der Waals surface area contributed by atoms with Crippen molar-refractivity contribution >= 4 is 0 Å². The van der Waals surface area contributed by atoms with E-state index in [1.54, 1.807) is 0 Å². The van der Waals surface area contributed by atoms with E-state index >= 15 is 0 Å². The predicted molar refractivity (Wildman–Crippen MR) is 183 cm³/mol. The highest BCUT2D eigenvalue weighted by molar-refractivity contribution is 5.32. The van der Waals surface area contributed by atoms with Crippen LogP contribution in [0.3, 0.4) is 0 Å². The standard InChI is InChI=1S/C40H58O/c1-31(19-13-11-12-14-25-37-35(5)29-36(41-10)30-40(37,8)9)20-15-16-21-32(2)22-17-23-33(3)26-27-38-34(4)24-18-28-39(38,6)7/h11-17,19-27,35-38H,18,28-30H2,1-10H3/b12-11+,16-15+,19-13+,22-17+,25-14+,27-26+,31-20+,32-21+,33-23+/t35?,36-,37?,38+/m1/s1. The largest absolute Gasteiger partial charge is 0.381 e. The van der Waals surface area contributed by atoms with Crippen LogP contribution in [0.1, 0.15) is 88.0 Å². The van der Waals surface area contributed by atoms with Crippen LogP contribution in [0.25, 0.3) is 0 Å². The Morgan fingerprint density at radius 2 is 1.34 bits per heavy atom. The molecule has 4 atom stereocenters. The van der Waals surface area contributed by atoms with Gasteiger partial charge in [0.1, 0.15) is 0 Å². The fraction of sp³-hybridized carbons (Fsp3) is 0.500. The molecule has 0 aliphatic heterocycles. The number of rotatable bonds is 11. The third kappa shape index (κ3) is 12.0.